The number of hydrogen-bond donors (Lipinski definition) is 1. The van der Waals surface area contributed by atoms with Crippen LogP contribution in [0, 0.1) is 5.82 Å². The Hall–Kier alpha value is -1.34. The maximum absolute atomic E-state index is 13.1. The first-order chi connectivity index (χ1) is 7.81. The Labute approximate surface area is 98.3 Å². The number of hydroxylamine groups is 1. The van der Waals surface area contributed by atoms with Crippen molar-refractivity contribution in [1.82, 2.24) is 5.48 Å². The minimum absolute atomic E-state index is 0.224. The minimum atomic E-state index is -4.59. The Kier molecular flexibility index (Phi) is 4.30. The summed E-state index contributed by atoms with van der Waals surface area (Å²) in [4.78, 5) is 15.1. The summed E-state index contributed by atoms with van der Waals surface area (Å²) in [6.45, 7) is -1.68. The smallest absolute Gasteiger partial charge is 0.267 e. The fraction of sp³-hybridized carbons (Fsp3) is 0.222. The van der Waals surface area contributed by atoms with Gasteiger partial charge in [-0.2, -0.15) is 13.2 Å². The van der Waals surface area contributed by atoms with E-state index in [2.05, 4.69) is 4.84 Å². The van der Waals surface area contributed by atoms with Crippen LogP contribution in [0.4, 0.5) is 17.6 Å². The van der Waals surface area contributed by atoms with Crippen LogP contribution in [0.15, 0.2) is 18.2 Å². The lowest BCUT2D eigenvalue weighted by atomic mass is 10.2. The summed E-state index contributed by atoms with van der Waals surface area (Å²) >= 11 is 5.51. The SMILES string of the molecule is O=C(NOCC(F)(F)F)c1c(F)cccc1Cl. The number of carbonyl (C=O) groups excluding carboxylic acids is 1. The molecule has 0 radical (unpaired) electrons. The quantitative estimate of drug-likeness (QED) is 0.678. The van der Waals surface area contributed by atoms with Gasteiger partial charge in [0.15, 0.2) is 6.61 Å². The molecule has 0 atom stereocenters. The van der Waals surface area contributed by atoms with Gasteiger partial charge in [0.25, 0.3) is 5.91 Å². The summed E-state index contributed by atoms with van der Waals surface area (Å²) in [6.07, 6.45) is -4.59. The summed E-state index contributed by atoms with van der Waals surface area (Å²) in [7, 11) is 0. The zero-order chi connectivity index (χ0) is 13.1. The molecule has 3 nitrogen and oxygen atoms in total. The van der Waals surface area contributed by atoms with Gasteiger partial charge < -0.3 is 0 Å². The normalized spacial score (nSPS) is 11.4. The molecule has 0 spiro atoms. The van der Waals surface area contributed by atoms with Crippen LogP contribution in [0.25, 0.3) is 0 Å². The number of nitrogens with one attached hydrogen (secondary N) is 1. The molecule has 1 rings (SSSR count). The first kappa shape index (κ1) is 13.7. The fourth-order valence-electron chi connectivity index (χ4n) is 0.949. The largest absolute Gasteiger partial charge is 0.414 e. The number of carbonyl (C=O) groups is 1. The molecule has 1 amide bonds. The summed E-state index contributed by atoms with van der Waals surface area (Å²) in [5.41, 5.74) is 0.881. The van der Waals surface area contributed by atoms with Crippen LogP contribution < -0.4 is 5.48 Å². The Bertz CT molecular complexity index is 402. The highest BCUT2D eigenvalue weighted by Gasteiger charge is 2.28. The molecule has 1 aromatic rings. The van der Waals surface area contributed by atoms with E-state index in [0.717, 1.165) is 6.07 Å². The van der Waals surface area contributed by atoms with Gasteiger partial charge in [0.05, 0.1) is 10.6 Å². The summed E-state index contributed by atoms with van der Waals surface area (Å²) in [6, 6.07) is 3.43. The molecule has 0 aliphatic heterocycles. The van der Waals surface area contributed by atoms with E-state index >= 15 is 0 Å². The molecule has 0 saturated carbocycles. The predicted octanol–water partition coefficient (Wildman–Crippen LogP) is 2.70. The molecular weight excluding hydrogens is 266 g/mol. The van der Waals surface area contributed by atoms with Gasteiger partial charge >= 0.3 is 6.18 Å². The standard InChI is InChI=1S/C9H6ClF4NO2/c10-5-2-1-3-6(11)7(5)8(16)15-17-4-9(12,13)14/h1-3H,4H2,(H,15,16). The molecule has 1 N–H and O–H groups in total. The highest BCUT2D eigenvalue weighted by molar-refractivity contribution is 6.33. The zero-order valence-corrected chi connectivity index (χ0v) is 8.90. The number of alkyl halides is 3. The Morgan fingerprint density at radius 1 is 1.41 bits per heavy atom. The zero-order valence-electron chi connectivity index (χ0n) is 8.15. The maximum atomic E-state index is 13.1. The number of rotatable bonds is 3. The molecule has 1 aromatic carbocycles. The van der Waals surface area contributed by atoms with E-state index in [0.29, 0.717) is 0 Å². The molecule has 0 aliphatic carbocycles. The van der Waals surface area contributed by atoms with Crippen molar-refractivity contribution in [2.24, 2.45) is 0 Å². The van der Waals surface area contributed by atoms with Crippen LogP contribution in [0.3, 0.4) is 0 Å². The predicted molar refractivity (Wildman–Crippen MR) is 50.9 cm³/mol. The van der Waals surface area contributed by atoms with Crippen molar-refractivity contribution in [3.63, 3.8) is 0 Å². The third-order valence-electron chi connectivity index (χ3n) is 1.59. The molecule has 17 heavy (non-hydrogen) atoms. The summed E-state index contributed by atoms with van der Waals surface area (Å²) in [5.74, 6) is -2.14. The second-order valence-corrected chi connectivity index (χ2v) is 3.34. The third kappa shape index (κ3) is 4.20. The average molecular weight is 272 g/mol. The molecule has 94 valence electrons. The van der Waals surface area contributed by atoms with Crippen molar-refractivity contribution in [3.05, 3.63) is 34.6 Å². The van der Waals surface area contributed by atoms with E-state index < -0.39 is 30.1 Å². The average Bonchev–Trinajstić information content (AvgIpc) is 2.15. The van der Waals surface area contributed by atoms with Gasteiger partial charge in [-0.25, -0.2) is 9.87 Å². The van der Waals surface area contributed by atoms with Crippen molar-refractivity contribution >= 4 is 17.5 Å². The minimum Gasteiger partial charge on any atom is -0.267 e. The Balaban J connectivity index is 2.65. The van der Waals surface area contributed by atoms with Gasteiger partial charge in [0, 0.05) is 0 Å². The number of halogens is 5. The van der Waals surface area contributed by atoms with Crippen LogP contribution >= 0.6 is 11.6 Å². The topological polar surface area (TPSA) is 38.3 Å². The van der Waals surface area contributed by atoms with E-state index in [4.69, 9.17) is 11.6 Å². The van der Waals surface area contributed by atoms with Gasteiger partial charge in [-0.15, -0.1) is 0 Å². The first-order valence-electron chi connectivity index (χ1n) is 4.24. The van der Waals surface area contributed by atoms with Crippen molar-refractivity contribution in [2.75, 3.05) is 6.61 Å². The molecule has 0 fully saturated rings. The number of hydrogen-bond acceptors (Lipinski definition) is 2. The lowest BCUT2D eigenvalue weighted by Gasteiger charge is -2.09. The molecule has 0 heterocycles. The lowest BCUT2D eigenvalue weighted by Crippen LogP contribution is -2.30. The molecule has 0 unspecified atom stereocenters. The van der Waals surface area contributed by atoms with Crippen LogP contribution in [0.1, 0.15) is 10.4 Å². The number of benzene rings is 1. The van der Waals surface area contributed by atoms with Crippen molar-refractivity contribution in [1.29, 1.82) is 0 Å². The van der Waals surface area contributed by atoms with Gasteiger partial charge in [0.2, 0.25) is 0 Å². The monoisotopic (exact) mass is 271 g/mol. The third-order valence-corrected chi connectivity index (χ3v) is 1.91. The van der Waals surface area contributed by atoms with Crippen LogP contribution in [-0.4, -0.2) is 18.7 Å². The fourth-order valence-corrected chi connectivity index (χ4v) is 1.20. The van der Waals surface area contributed by atoms with Crippen molar-refractivity contribution in [2.45, 2.75) is 6.18 Å². The van der Waals surface area contributed by atoms with Gasteiger partial charge in [-0.1, -0.05) is 17.7 Å². The van der Waals surface area contributed by atoms with Gasteiger partial charge in [-0.3, -0.25) is 9.63 Å². The molecule has 0 aliphatic rings. The van der Waals surface area contributed by atoms with Crippen LogP contribution in [0.2, 0.25) is 5.02 Å². The molecule has 0 saturated heterocycles. The highest BCUT2D eigenvalue weighted by Crippen LogP contribution is 2.19. The number of amides is 1. The first-order valence-corrected chi connectivity index (χ1v) is 4.62. The highest BCUT2D eigenvalue weighted by atomic mass is 35.5. The van der Waals surface area contributed by atoms with Crippen molar-refractivity contribution in [3.8, 4) is 0 Å². The van der Waals surface area contributed by atoms with E-state index in [9.17, 15) is 22.4 Å². The summed E-state index contributed by atoms with van der Waals surface area (Å²) in [5, 5.41) is -0.224. The van der Waals surface area contributed by atoms with E-state index in [1.54, 1.807) is 0 Å². The molecule has 0 bridgehead atoms. The van der Waals surface area contributed by atoms with Gasteiger partial charge in [0.1, 0.15) is 5.82 Å². The van der Waals surface area contributed by atoms with E-state index in [1.165, 1.54) is 17.6 Å². The van der Waals surface area contributed by atoms with E-state index in [1.807, 2.05) is 0 Å². The molecule has 0 aromatic heterocycles. The second-order valence-electron chi connectivity index (χ2n) is 2.93. The van der Waals surface area contributed by atoms with E-state index in [-0.39, 0.29) is 5.02 Å². The van der Waals surface area contributed by atoms with Crippen molar-refractivity contribution < 1.29 is 27.2 Å². The van der Waals surface area contributed by atoms with Crippen LogP contribution in [-0.2, 0) is 4.84 Å². The Morgan fingerprint density at radius 2 is 2.06 bits per heavy atom. The van der Waals surface area contributed by atoms with Gasteiger partial charge in [-0.05, 0) is 12.1 Å². The Morgan fingerprint density at radius 3 is 2.59 bits per heavy atom. The molecule has 8 heteroatoms. The molecular formula is C9H6ClF4NO2. The summed E-state index contributed by atoms with van der Waals surface area (Å²) < 4.78 is 48.2. The van der Waals surface area contributed by atoms with Crippen LogP contribution in [0.5, 0.6) is 0 Å². The lowest BCUT2D eigenvalue weighted by molar-refractivity contribution is -0.184. The second kappa shape index (κ2) is 5.33. The maximum Gasteiger partial charge on any atom is 0.414 e.